The number of nitrogens with zero attached hydrogens (tertiary/aromatic N) is 1. The highest BCUT2D eigenvalue weighted by molar-refractivity contribution is 5.65. The Morgan fingerprint density at radius 2 is 2.08 bits per heavy atom. The number of hydrogen-bond donors (Lipinski definition) is 2. The summed E-state index contributed by atoms with van der Waals surface area (Å²) in [7, 11) is 0. The van der Waals surface area contributed by atoms with Crippen molar-refractivity contribution in [1.29, 1.82) is 0 Å². The van der Waals surface area contributed by atoms with Crippen molar-refractivity contribution >= 4 is 11.5 Å². The summed E-state index contributed by atoms with van der Waals surface area (Å²) >= 11 is 0. The monoisotopic (exact) mass is 175 g/mol. The molecule has 0 amide bonds. The van der Waals surface area contributed by atoms with Crippen molar-refractivity contribution in [3.63, 3.8) is 0 Å². The minimum absolute atomic E-state index is 0.528. The SMILES string of the molecule is c1cnc2c(c1)NCC1(CC1)CN2. The predicted octanol–water partition coefficient (Wildman–Crippen LogP) is 1.70. The van der Waals surface area contributed by atoms with E-state index in [1.165, 1.54) is 12.8 Å². The highest BCUT2D eigenvalue weighted by Crippen LogP contribution is 2.47. The molecular formula is C10H13N3. The van der Waals surface area contributed by atoms with Crippen LogP contribution in [-0.2, 0) is 0 Å². The molecule has 3 nitrogen and oxygen atoms in total. The number of aromatic nitrogens is 1. The van der Waals surface area contributed by atoms with Crippen molar-refractivity contribution in [1.82, 2.24) is 4.98 Å². The van der Waals surface area contributed by atoms with E-state index in [2.05, 4.69) is 21.7 Å². The van der Waals surface area contributed by atoms with Crippen LogP contribution in [0.25, 0.3) is 0 Å². The third-order valence-electron chi connectivity index (χ3n) is 3.05. The molecule has 2 aliphatic rings. The molecule has 1 saturated carbocycles. The molecular weight excluding hydrogens is 162 g/mol. The van der Waals surface area contributed by atoms with Crippen LogP contribution in [0.4, 0.5) is 11.5 Å². The Bertz CT molecular complexity index is 302. The molecule has 0 saturated heterocycles. The quantitative estimate of drug-likeness (QED) is 0.630. The van der Waals surface area contributed by atoms with E-state index in [1.807, 2.05) is 12.3 Å². The van der Waals surface area contributed by atoms with E-state index in [0.717, 1.165) is 24.6 Å². The Labute approximate surface area is 77.6 Å². The molecule has 68 valence electrons. The van der Waals surface area contributed by atoms with Gasteiger partial charge in [0.05, 0.1) is 5.69 Å². The highest BCUT2D eigenvalue weighted by Gasteiger charge is 2.43. The zero-order chi connectivity index (χ0) is 8.73. The van der Waals surface area contributed by atoms with E-state index in [9.17, 15) is 0 Å². The maximum absolute atomic E-state index is 4.30. The van der Waals surface area contributed by atoms with Crippen molar-refractivity contribution in [2.24, 2.45) is 5.41 Å². The lowest BCUT2D eigenvalue weighted by Gasteiger charge is -2.10. The molecule has 0 radical (unpaired) electrons. The van der Waals surface area contributed by atoms with E-state index in [0.29, 0.717) is 5.41 Å². The third kappa shape index (κ3) is 1.15. The smallest absolute Gasteiger partial charge is 0.149 e. The average molecular weight is 175 g/mol. The van der Waals surface area contributed by atoms with Gasteiger partial charge in [-0.05, 0) is 25.0 Å². The second-order valence-electron chi connectivity index (χ2n) is 4.11. The molecule has 1 aliphatic heterocycles. The largest absolute Gasteiger partial charge is 0.381 e. The number of rotatable bonds is 0. The number of pyridine rings is 1. The van der Waals surface area contributed by atoms with E-state index in [4.69, 9.17) is 0 Å². The highest BCUT2D eigenvalue weighted by atomic mass is 15.1. The molecule has 0 bridgehead atoms. The number of fused-ring (bicyclic) bond motifs is 1. The van der Waals surface area contributed by atoms with Crippen LogP contribution < -0.4 is 10.6 Å². The first-order valence-corrected chi connectivity index (χ1v) is 4.81. The lowest BCUT2D eigenvalue weighted by Crippen LogP contribution is -2.19. The van der Waals surface area contributed by atoms with Gasteiger partial charge in [0.2, 0.25) is 0 Å². The number of nitrogens with one attached hydrogen (secondary N) is 2. The van der Waals surface area contributed by atoms with E-state index < -0.39 is 0 Å². The normalized spacial score (nSPS) is 22.5. The summed E-state index contributed by atoms with van der Waals surface area (Å²) in [5, 5.41) is 6.86. The summed E-state index contributed by atoms with van der Waals surface area (Å²) < 4.78 is 0. The van der Waals surface area contributed by atoms with Crippen molar-refractivity contribution < 1.29 is 0 Å². The van der Waals surface area contributed by atoms with Gasteiger partial charge in [0, 0.05) is 24.7 Å². The van der Waals surface area contributed by atoms with Crippen LogP contribution in [0.3, 0.4) is 0 Å². The maximum atomic E-state index is 4.30. The Kier molecular flexibility index (Phi) is 1.31. The first-order valence-electron chi connectivity index (χ1n) is 4.81. The van der Waals surface area contributed by atoms with Crippen LogP contribution in [0.1, 0.15) is 12.8 Å². The Morgan fingerprint density at radius 1 is 1.23 bits per heavy atom. The fraction of sp³-hybridized carbons (Fsp3) is 0.500. The first kappa shape index (κ1) is 7.18. The fourth-order valence-electron chi connectivity index (χ4n) is 1.84. The van der Waals surface area contributed by atoms with Crippen LogP contribution in [0.2, 0.25) is 0 Å². The van der Waals surface area contributed by atoms with Crippen molar-refractivity contribution in [3.8, 4) is 0 Å². The number of anilines is 2. The molecule has 0 atom stereocenters. The van der Waals surface area contributed by atoms with Crippen molar-refractivity contribution in [2.45, 2.75) is 12.8 Å². The molecule has 3 heteroatoms. The zero-order valence-corrected chi connectivity index (χ0v) is 7.51. The molecule has 1 fully saturated rings. The Morgan fingerprint density at radius 3 is 2.92 bits per heavy atom. The van der Waals surface area contributed by atoms with Crippen LogP contribution in [-0.4, -0.2) is 18.1 Å². The van der Waals surface area contributed by atoms with E-state index in [1.54, 1.807) is 0 Å². The van der Waals surface area contributed by atoms with Gasteiger partial charge in [-0.25, -0.2) is 4.98 Å². The lowest BCUT2D eigenvalue weighted by molar-refractivity contribution is 0.581. The minimum atomic E-state index is 0.528. The molecule has 1 aromatic rings. The van der Waals surface area contributed by atoms with E-state index >= 15 is 0 Å². The van der Waals surface area contributed by atoms with Gasteiger partial charge in [-0.1, -0.05) is 0 Å². The summed E-state index contributed by atoms with van der Waals surface area (Å²) in [6, 6.07) is 4.05. The van der Waals surface area contributed by atoms with Gasteiger partial charge in [0.1, 0.15) is 5.82 Å². The minimum Gasteiger partial charge on any atom is -0.381 e. The molecule has 3 rings (SSSR count). The van der Waals surface area contributed by atoms with Gasteiger partial charge in [-0.2, -0.15) is 0 Å². The summed E-state index contributed by atoms with van der Waals surface area (Å²) in [4.78, 5) is 4.30. The van der Waals surface area contributed by atoms with Gasteiger partial charge in [-0.3, -0.25) is 0 Å². The summed E-state index contributed by atoms with van der Waals surface area (Å²) in [6.45, 7) is 2.17. The van der Waals surface area contributed by atoms with Gasteiger partial charge < -0.3 is 10.6 Å². The van der Waals surface area contributed by atoms with Crippen LogP contribution >= 0.6 is 0 Å². The topological polar surface area (TPSA) is 37.0 Å². The van der Waals surface area contributed by atoms with Gasteiger partial charge in [0.25, 0.3) is 0 Å². The van der Waals surface area contributed by atoms with Crippen molar-refractivity contribution in [2.75, 3.05) is 23.7 Å². The fourth-order valence-corrected chi connectivity index (χ4v) is 1.84. The molecule has 1 spiro atoms. The lowest BCUT2D eigenvalue weighted by atomic mass is 10.1. The third-order valence-corrected chi connectivity index (χ3v) is 3.05. The van der Waals surface area contributed by atoms with Gasteiger partial charge >= 0.3 is 0 Å². The summed E-state index contributed by atoms with van der Waals surface area (Å²) in [6.07, 6.45) is 4.53. The molecule has 2 N–H and O–H groups in total. The zero-order valence-electron chi connectivity index (χ0n) is 7.51. The number of hydrogen-bond acceptors (Lipinski definition) is 3. The molecule has 0 aromatic carbocycles. The predicted molar refractivity (Wildman–Crippen MR) is 52.9 cm³/mol. The van der Waals surface area contributed by atoms with Gasteiger partial charge in [-0.15, -0.1) is 0 Å². The molecule has 0 unspecified atom stereocenters. The average Bonchev–Trinajstić information content (AvgIpc) is 2.96. The summed E-state index contributed by atoms with van der Waals surface area (Å²) in [5.41, 5.74) is 1.67. The van der Waals surface area contributed by atoms with Crippen LogP contribution in [0.5, 0.6) is 0 Å². The second-order valence-corrected chi connectivity index (χ2v) is 4.11. The van der Waals surface area contributed by atoms with Gasteiger partial charge in [0.15, 0.2) is 0 Å². The molecule has 13 heavy (non-hydrogen) atoms. The first-order chi connectivity index (χ1) is 6.38. The van der Waals surface area contributed by atoms with E-state index in [-0.39, 0.29) is 0 Å². The maximum Gasteiger partial charge on any atom is 0.149 e. The molecule has 1 aliphatic carbocycles. The standard InChI is InChI=1S/C10H13N3/c1-2-8-9(11-5-1)13-7-10(3-4-10)6-12-8/h1-2,5,12H,3-4,6-7H2,(H,11,13). The van der Waals surface area contributed by atoms with Crippen LogP contribution in [0, 0.1) is 5.41 Å². The Balaban J connectivity index is 1.92. The second kappa shape index (κ2) is 2.37. The molecule has 2 heterocycles. The Hall–Kier alpha value is -1.25. The molecule has 1 aromatic heterocycles. The van der Waals surface area contributed by atoms with Crippen LogP contribution in [0.15, 0.2) is 18.3 Å². The van der Waals surface area contributed by atoms with Crippen molar-refractivity contribution in [3.05, 3.63) is 18.3 Å². The summed E-state index contributed by atoms with van der Waals surface area (Å²) in [5.74, 6) is 1.01.